The number of hydrogen-bond acceptors (Lipinski definition) is 4. The van der Waals surface area contributed by atoms with E-state index in [1.165, 1.54) is 6.20 Å². The quantitative estimate of drug-likeness (QED) is 0.805. The Morgan fingerprint density at radius 1 is 1.55 bits per heavy atom. The minimum absolute atomic E-state index is 0.0587. The van der Waals surface area contributed by atoms with Crippen molar-refractivity contribution in [3.63, 3.8) is 0 Å². The lowest BCUT2D eigenvalue weighted by Gasteiger charge is -2.18. The zero-order chi connectivity index (χ0) is 14.9. The molecule has 0 aliphatic heterocycles. The Morgan fingerprint density at radius 2 is 2.20 bits per heavy atom. The number of carboxylic acids is 1. The van der Waals surface area contributed by atoms with Crippen LogP contribution < -0.4 is 0 Å². The number of aliphatic carboxylic acids is 1. The number of aromatic nitrogens is 2. The third kappa shape index (κ3) is 3.01. The van der Waals surface area contributed by atoms with Gasteiger partial charge >= 0.3 is 5.97 Å². The molecule has 1 heterocycles. The van der Waals surface area contributed by atoms with Crippen molar-refractivity contribution in [2.75, 3.05) is 6.54 Å². The van der Waals surface area contributed by atoms with Crippen molar-refractivity contribution in [3.8, 4) is 0 Å². The van der Waals surface area contributed by atoms with Gasteiger partial charge in [-0.25, -0.2) is 13.4 Å². The van der Waals surface area contributed by atoms with Gasteiger partial charge in [0.05, 0.1) is 0 Å². The van der Waals surface area contributed by atoms with Gasteiger partial charge in [-0.05, 0) is 26.2 Å². The number of carbonyl (C=O) groups is 1. The highest BCUT2D eigenvalue weighted by Crippen LogP contribution is 2.31. The van der Waals surface area contributed by atoms with Crippen LogP contribution in [0.2, 0.25) is 0 Å². The van der Waals surface area contributed by atoms with Crippen LogP contribution in [0.25, 0.3) is 0 Å². The Hall–Kier alpha value is -1.41. The Balaban J connectivity index is 2.32. The zero-order valence-corrected chi connectivity index (χ0v) is 12.4. The van der Waals surface area contributed by atoms with Crippen LogP contribution in [0, 0.1) is 6.92 Å². The Bertz CT molecular complexity index is 604. The fraction of sp³-hybridized carbons (Fsp3) is 0.667. The van der Waals surface area contributed by atoms with Gasteiger partial charge in [0.25, 0.3) is 10.0 Å². The maximum absolute atomic E-state index is 12.5. The summed E-state index contributed by atoms with van der Waals surface area (Å²) in [4.78, 5) is 14.9. The summed E-state index contributed by atoms with van der Waals surface area (Å²) in [6.45, 7) is 3.92. The van der Waals surface area contributed by atoms with Crippen molar-refractivity contribution >= 4 is 16.0 Å². The van der Waals surface area contributed by atoms with E-state index < -0.39 is 22.5 Å². The summed E-state index contributed by atoms with van der Waals surface area (Å²) >= 11 is 0. The molecule has 1 saturated carbocycles. The molecule has 8 heteroatoms. The molecule has 2 rings (SSSR count). The summed E-state index contributed by atoms with van der Waals surface area (Å²) in [5.41, 5.74) is 0. The van der Waals surface area contributed by atoms with E-state index in [2.05, 4.69) is 4.98 Å². The van der Waals surface area contributed by atoms with Gasteiger partial charge < -0.3 is 9.67 Å². The van der Waals surface area contributed by atoms with Gasteiger partial charge in [-0.3, -0.25) is 4.79 Å². The van der Waals surface area contributed by atoms with Gasteiger partial charge in [0.15, 0.2) is 5.03 Å². The van der Waals surface area contributed by atoms with Crippen LogP contribution in [-0.4, -0.2) is 45.9 Å². The Morgan fingerprint density at radius 3 is 2.70 bits per heavy atom. The van der Waals surface area contributed by atoms with Crippen LogP contribution in [0.3, 0.4) is 0 Å². The van der Waals surface area contributed by atoms with Gasteiger partial charge in [-0.2, -0.15) is 4.31 Å². The van der Waals surface area contributed by atoms with Crippen LogP contribution >= 0.6 is 0 Å². The SMILES string of the molecule is CCCn1cc(S(=O)(=O)N(CC(=O)O)C2CC2)nc1C. The molecular formula is C12H19N3O4S. The van der Waals surface area contributed by atoms with Crippen LogP contribution in [-0.2, 0) is 21.4 Å². The van der Waals surface area contributed by atoms with E-state index in [1.807, 2.05) is 6.92 Å². The van der Waals surface area contributed by atoms with Gasteiger partial charge in [-0.15, -0.1) is 0 Å². The molecule has 0 spiro atoms. The minimum Gasteiger partial charge on any atom is -0.480 e. The van der Waals surface area contributed by atoms with E-state index in [4.69, 9.17) is 5.11 Å². The summed E-state index contributed by atoms with van der Waals surface area (Å²) in [5, 5.41) is 8.82. The smallest absolute Gasteiger partial charge is 0.318 e. The van der Waals surface area contributed by atoms with Crippen LogP contribution in [0.5, 0.6) is 0 Å². The van der Waals surface area contributed by atoms with E-state index in [0.717, 1.165) is 10.7 Å². The van der Waals surface area contributed by atoms with Gasteiger partial charge in [0.1, 0.15) is 12.4 Å². The molecule has 0 radical (unpaired) electrons. The zero-order valence-electron chi connectivity index (χ0n) is 11.6. The molecule has 0 unspecified atom stereocenters. The molecule has 0 atom stereocenters. The van der Waals surface area contributed by atoms with E-state index in [1.54, 1.807) is 11.5 Å². The largest absolute Gasteiger partial charge is 0.480 e. The first-order chi connectivity index (χ1) is 9.36. The standard InChI is InChI=1S/C12H19N3O4S/c1-3-6-14-7-11(13-9(14)2)20(18,19)15(8-12(16)17)10-4-5-10/h7,10H,3-6,8H2,1-2H3,(H,16,17). The molecule has 1 aliphatic rings. The van der Waals surface area contributed by atoms with Crippen LogP contribution in [0.15, 0.2) is 11.2 Å². The van der Waals surface area contributed by atoms with E-state index in [-0.39, 0.29) is 11.1 Å². The van der Waals surface area contributed by atoms with Crippen molar-refractivity contribution < 1.29 is 18.3 Å². The number of imidazole rings is 1. The molecular weight excluding hydrogens is 282 g/mol. The molecule has 1 aromatic heterocycles. The summed E-state index contributed by atoms with van der Waals surface area (Å²) < 4.78 is 27.8. The summed E-state index contributed by atoms with van der Waals surface area (Å²) in [6.07, 6.45) is 3.78. The van der Waals surface area contributed by atoms with Crippen LogP contribution in [0.4, 0.5) is 0 Å². The van der Waals surface area contributed by atoms with Gasteiger partial charge in [0, 0.05) is 18.8 Å². The third-order valence-corrected chi connectivity index (χ3v) is 5.01. The Kier molecular flexibility index (Phi) is 4.14. The first-order valence-corrected chi connectivity index (χ1v) is 8.07. The number of nitrogens with zero attached hydrogens (tertiary/aromatic N) is 3. The first-order valence-electron chi connectivity index (χ1n) is 6.63. The fourth-order valence-corrected chi connectivity index (χ4v) is 3.73. The maximum atomic E-state index is 12.5. The topological polar surface area (TPSA) is 92.5 Å². The lowest BCUT2D eigenvalue weighted by atomic mass is 10.5. The second kappa shape index (κ2) is 5.53. The van der Waals surface area contributed by atoms with Gasteiger partial charge in [0.2, 0.25) is 0 Å². The lowest BCUT2D eigenvalue weighted by Crippen LogP contribution is -2.37. The molecule has 20 heavy (non-hydrogen) atoms. The first kappa shape index (κ1) is 15.0. The molecule has 0 saturated heterocycles. The van der Waals surface area contributed by atoms with E-state index in [0.29, 0.717) is 25.2 Å². The number of sulfonamides is 1. The highest BCUT2D eigenvalue weighted by atomic mass is 32.2. The lowest BCUT2D eigenvalue weighted by molar-refractivity contribution is -0.137. The Labute approximate surface area is 118 Å². The highest BCUT2D eigenvalue weighted by Gasteiger charge is 2.40. The fourth-order valence-electron chi connectivity index (χ4n) is 2.10. The predicted octanol–water partition coefficient (Wildman–Crippen LogP) is 0.839. The van der Waals surface area contributed by atoms with Crippen molar-refractivity contribution in [2.45, 2.75) is 50.7 Å². The van der Waals surface area contributed by atoms with Crippen molar-refractivity contribution in [3.05, 3.63) is 12.0 Å². The third-order valence-electron chi connectivity index (χ3n) is 3.24. The predicted molar refractivity (Wildman–Crippen MR) is 71.8 cm³/mol. The molecule has 0 amide bonds. The number of hydrogen-bond donors (Lipinski definition) is 1. The van der Waals surface area contributed by atoms with Crippen LogP contribution in [0.1, 0.15) is 32.0 Å². The molecule has 1 aliphatic carbocycles. The van der Waals surface area contributed by atoms with Gasteiger partial charge in [-0.1, -0.05) is 6.92 Å². The maximum Gasteiger partial charge on any atom is 0.318 e. The van der Waals surface area contributed by atoms with Crippen molar-refractivity contribution in [1.29, 1.82) is 0 Å². The normalized spacial score (nSPS) is 15.8. The summed E-state index contributed by atoms with van der Waals surface area (Å²) in [6, 6.07) is -0.201. The number of rotatable bonds is 7. The molecule has 7 nitrogen and oxygen atoms in total. The molecule has 0 aromatic carbocycles. The van der Waals surface area contributed by atoms with E-state index in [9.17, 15) is 13.2 Å². The molecule has 1 aromatic rings. The summed E-state index contributed by atoms with van der Waals surface area (Å²) in [7, 11) is -3.83. The molecule has 1 N–H and O–H groups in total. The average molecular weight is 301 g/mol. The second-order valence-electron chi connectivity index (χ2n) is 4.99. The second-order valence-corrected chi connectivity index (χ2v) is 6.83. The highest BCUT2D eigenvalue weighted by molar-refractivity contribution is 7.89. The number of carboxylic acid groups (broad SMARTS) is 1. The average Bonchev–Trinajstić information content (AvgIpc) is 3.12. The van der Waals surface area contributed by atoms with Crippen molar-refractivity contribution in [1.82, 2.24) is 13.9 Å². The summed E-state index contributed by atoms with van der Waals surface area (Å²) in [5.74, 6) is -0.526. The molecule has 1 fully saturated rings. The minimum atomic E-state index is -3.83. The molecule has 0 bridgehead atoms. The van der Waals surface area contributed by atoms with Crippen molar-refractivity contribution in [2.24, 2.45) is 0 Å². The van der Waals surface area contributed by atoms with E-state index >= 15 is 0 Å². The number of aryl methyl sites for hydroxylation is 2. The molecule has 112 valence electrons. The monoisotopic (exact) mass is 301 g/mol.